The van der Waals surface area contributed by atoms with Crippen LogP contribution in [-0.2, 0) is 32.1 Å². The second-order valence-corrected chi connectivity index (χ2v) is 12.2. The maximum atomic E-state index is 14.6. The van der Waals surface area contributed by atoms with Gasteiger partial charge < -0.3 is 25.4 Å². The summed E-state index contributed by atoms with van der Waals surface area (Å²) >= 11 is 6.07. The van der Waals surface area contributed by atoms with Crippen molar-refractivity contribution in [3.8, 4) is 0 Å². The topological polar surface area (TPSA) is 108 Å². The molecule has 3 saturated heterocycles. The zero-order valence-corrected chi connectivity index (χ0v) is 24.8. The molecule has 3 amide bonds. The number of nitrogens with zero attached hydrogens (tertiary/aromatic N) is 1. The molecular formula is C34H36ClN3O5. The summed E-state index contributed by atoms with van der Waals surface area (Å²) in [5.41, 5.74) is 0.332. The Bertz CT molecular complexity index is 1490. The van der Waals surface area contributed by atoms with Gasteiger partial charge in [-0.15, -0.1) is 0 Å². The van der Waals surface area contributed by atoms with Crippen molar-refractivity contribution in [1.29, 1.82) is 0 Å². The van der Waals surface area contributed by atoms with E-state index in [1.165, 1.54) is 4.90 Å². The minimum absolute atomic E-state index is 0.257. The average Bonchev–Trinajstić information content (AvgIpc) is 3.64. The number of aliphatic hydroxyl groups is 1. The number of benzene rings is 3. The van der Waals surface area contributed by atoms with Crippen LogP contribution >= 0.6 is 11.6 Å². The van der Waals surface area contributed by atoms with Gasteiger partial charge in [0.2, 0.25) is 17.7 Å². The Morgan fingerprint density at radius 3 is 2.26 bits per heavy atom. The largest absolute Gasteiger partial charge is 0.394 e. The first kappa shape index (κ1) is 29.4. The highest BCUT2D eigenvalue weighted by Gasteiger charge is 2.79. The van der Waals surface area contributed by atoms with Gasteiger partial charge in [-0.1, -0.05) is 79.2 Å². The molecule has 6 rings (SSSR count). The molecular weight excluding hydrogens is 566 g/mol. The third kappa shape index (κ3) is 5.11. The van der Waals surface area contributed by atoms with Gasteiger partial charge in [0.05, 0.1) is 30.1 Å². The molecule has 3 aliphatic rings. The third-order valence-electron chi connectivity index (χ3n) is 9.49. The van der Waals surface area contributed by atoms with Gasteiger partial charge in [0.1, 0.15) is 11.6 Å². The lowest BCUT2D eigenvalue weighted by Gasteiger charge is -2.37. The number of ether oxygens (including phenoxy) is 1. The van der Waals surface area contributed by atoms with Crippen LogP contribution in [0, 0.1) is 11.8 Å². The summed E-state index contributed by atoms with van der Waals surface area (Å²) in [6, 6.07) is 24.2. The van der Waals surface area contributed by atoms with E-state index in [-0.39, 0.29) is 18.4 Å². The Labute approximate surface area is 256 Å². The normalized spacial score (nSPS) is 28.0. The first-order valence-electron chi connectivity index (χ1n) is 14.9. The molecule has 3 fully saturated rings. The van der Waals surface area contributed by atoms with E-state index in [9.17, 15) is 19.5 Å². The number of hydrogen-bond donors (Lipinski definition) is 3. The molecule has 224 valence electrons. The molecule has 43 heavy (non-hydrogen) atoms. The third-order valence-corrected chi connectivity index (χ3v) is 9.74. The summed E-state index contributed by atoms with van der Waals surface area (Å²) in [5, 5.41) is 17.2. The van der Waals surface area contributed by atoms with Crippen LogP contribution in [0.2, 0.25) is 5.02 Å². The maximum absolute atomic E-state index is 14.6. The smallest absolute Gasteiger partial charge is 0.250 e. The highest BCUT2D eigenvalue weighted by Crippen LogP contribution is 2.64. The van der Waals surface area contributed by atoms with Gasteiger partial charge in [0.15, 0.2) is 0 Å². The number of fused-ring (bicyclic) bond motifs is 1. The molecule has 0 saturated carbocycles. The van der Waals surface area contributed by atoms with Crippen LogP contribution < -0.4 is 10.6 Å². The summed E-state index contributed by atoms with van der Waals surface area (Å²) in [6.45, 7) is 1.94. The number of rotatable bonds is 10. The highest BCUT2D eigenvalue weighted by molar-refractivity contribution is 6.30. The van der Waals surface area contributed by atoms with E-state index in [2.05, 4.69) is 10.6 Å². The molecule has 3 aliphatic heterocycles. The molecule has 3 aromatic rings. The number of amides is 3. The number of hydrogen-bond acceptors (Lipinski definition) is 5. The van der Waals surface area contributed by atoms with E-state index in [1.807, 2.05) is 67.6 Å². The Morgan fingerprint density at radius 2 is 1.63 bits per heavy atom. The van der Waals surface area contributed by atoms with Crippen molar-refractivity contribution < 1.29 is 24.2 Å². The molecule has 2 bridgehead atoms. The van der Waals surface area contributed by atoms with Gasteiger partial charge in [-0.25, -0.2) is 0 Å². The van der Waals surface area contributed by atoms with E-state index in [0.29, 0.717) is 42.9 Å². The molecule has 9 heteroatoms. The van der Waals surface area contributed by atoms with E-state index in [0.717, 1.165) is 11.1 Å². The van der Waals surface area contributed by atoms with E-state index in [1.54, 1.807) is 24.3 Å². The lowest BCUT2D eigenvalue weighted by molar-refractivity contribution is -0.149. The molecule has 0 aromatic heterocycles. The van der Waals surface area contributed by atoms with Crippen molar-refractivity contribution in [2.24, 2.45) is 11.8 Å². The van der Waals surface area contributed by atoms with E-state index in [4.69, 9.17) is 16.3 Å². The summed E-state index contributed by atoms with van der Waals surface area (Å²) in [7, 11) is 0. The predicted octanol–water partition coefficient (Wildman–Crippen LogP) is 4.35. The summed E-state index contributed by atoms with van der Waals surface area (Å²) in [4.78, 5) is 44.3. The lowest BCUT2D eigenvalue weighted by atomic mass is 9.65. The van der Waals surface area contributed by atoms with Crippen molar-refractivity contribution in [1.82, 2.24) is 10.2 Å². The number of nitrogens with one attached hydrogen (secondary N) is 2. The molecule has 3 N–H and O–H groups in total. The number of likely N-dealkylation sites (tertiary alicyclic amines) is 1. The van der Waals surface area contributed by atoms with Crippen LogP contribution in [0.5, 0.6) is 0 Å². The molecule has 3 aromatic carbocycles. The van der Waals surface area contributed by atoms with Gasteiger partial charge in [-0.3, -0.25) is 14.4 Å². The molecule has 1 spiro atoms. The fraction of sp³-hybridized carbons (Fsp3) is 0.382. The SMILES string of the molecule is CC[C@]12CCC3(O1)C(C(=O)Nc1ccc(Cl)cc1)N([C@@H](CO)Cc1ccccc1)C(=O)[C@@H]3[C@H]2C(=O)NCc1ccccc1. The fourth-order valence-electron chi connectivity index (χ4n) is 7.52. The van der Waals surface area contributed by atoms with Crippen LogP contribution in [0.15, 0.2) is 84.9 Å². The quantitative estimate of drug-likeness (QED) is 0.320. The Balaban J connectivity index is 1.38. The first-order valence-corrected chi connectivity index (χ1v) is 15.2. The standard InChI is InChI=1S/C34H36ClN3O5/c1-2-33-17-18-34(43-33)28(27(33)30(40)36-20-23-11-7-4-8-12-23)32(42)38(26(21-39)19-22-9-5-3-6-10-22)29(34)31(41)37-25-15-13-24(35)14-16-25/h3-16,26-29,39H,2,17-21H2,1H3,(H,36,40)(H,37,41)/t26-,27+,28+,29?,33-,34?/m1/s1. The summed E-state index contributed by atoms with van der Waals surface area (Å²) in [5.74, 6) is -2.63. The van der Waals surface area contributed by atoms with Gasteiger partial charge in [-0.05, 0) is 61.1 Å². The molecule has 8 nitrogen and oxygen atoms in total. The van der Waals surface area contributed by atoms with Gasteiger partial charge in [0.25, 0.3) is 0 Å². The number of carbonyl (C=O) groups is 3. The molecule has 6 atom stereocenters. The van der Waals surface area contributed by atoms with Gasteiger partial charge in [-0.2, -0.15) is 0 Å². The van der Waals surface area contributed by atoms with Crippen molar-refractivity contribution >= 4 is 35.0 Å². The number of halogens is 1. The second-order valence-electron chi connectivity index (χ2n) is 11.8. The molecule has 3 heterocycles. The van der Waals surface area contributed by atoms with Crippen molar-refractivity contribution in [3.05, 3.63) is 101 Å². The number of anilines is 1. The van der Waals surface area contributed by atoms with Crippen molar-refractivity contribution in [2.75, 3.05) is 11.9 Å². The highest BCUT2D eigenvalue weighted by atomic mass is 35.5. The Morgan fingerprint density at radius 1 is 0.977 bits per heavy atom. The number of carbonyl (C=O) groups excluding carboxylic acids is 3. The summed E-state index contributed by atoms with van der Waals surface area (Å²) in [6.07, 6.45) is 1.89. The Hall–Kier alpha value is -3.72. The van der Waals surface area contributed by atoms with Crippen LogP contribution in [0.3, 0.4) is 0 Å². The van der Waals surface area contributed by atoms with Crippen LogP contribution in [-0.4, -0.2) is 57.6 Å². The van der Waals surface area contributed by atoms with E-state index >= 15 is 0 Å². The minimum atomic E-state index is -1.21. The van der Waals surface area contributed by atoms with Gasteiger partial charge in [0, 0.05) is 17.3 Å². The lowest BCUT2D eigenvalue weighted by Crippen LogP contribution is -2.57. The molecule has 0 radical (unpaired) electrons. The van der Waals surface area contributed by atoms with Gasteiger partial charge >= 0.3 is 0 Å². The van der Waals surface area contributed by atoms with Crippen LogP contribution in [0.1, 0.15) is 37.3 Å². The van der Waals surface area contributed by atoms with E-state index < -0.39 is 41.0 Å². The van der Waals surface area contributed by atoms with Crippen LogP contribution in [0.4, 0.5) is 5.69 Å². The predicted molar refractivity (Wildman–Crippen MR) is 163 cm³/mol. The number of aliphatic hydroxyl groups excluding tert-OH is 1. The zero-order valence-electron chi connectivity index (χ0n) is 24.0. The van der Waals surface area contributed by atoms with Crippen molar-refractivity contribution in [3.63, 3.8) is 0 Å². The zero-order chi connectivity index (χ0) is 30.2. The Kier molecular flexibility index (Phi) is 8.02. The fourth-order valence-corrected chi connectivity index (χ4v) is 7.65. The van der Waals surface area contributed by atoms with Crippen LogP contribution in [0.25, 0.3) is 0 Å². The first-order chi connectivity index (χ1) is 20.8. The second kappa shape index (κ2) is 11.8. The monoisotopic (exact) mass is 601 g/mol. The molecule has 2 unspecified atom stereocenters. The maximum Gasteiger partial charge on any atom is 0.250 e. The molecule has 0 aliphatic carbocycles. The minimum Gasteiger partial charge on any atom is -0.394 e. The van der Waals surface area contributed by atoms with Crippen molar-refractivity contribution in [2.45, 2.75) is 62.4 Å². The average molecular weight is 602 g/mol. The summed E-state index contributed by atoms with van der Waals surface area (Å²) < 4.78 is 6.86.